The molecule has 12 heteroatoms. The molecule has 1 aliphatic heterocycles. The number of hydrogen-bond acceptors (Lipinski definition) is 6. The third kappa shape index (κ3) is 4.41. The Bertz CT molecular complexity index is 1200. The van der Waals surface area contributed by atoms with Crippen LogP contribution in [0.4, 0.5) is 23.4 Å². The largest absolute Gasteiger partial charge is 0.419 e. The van der Waals surface area contributed by atoms with Gasteiger partial charge in [0.25, 0.3) is 0 Å². The SMILES string of the molecule is O=S(=O)(c1ccc(F)c(C(F)(F)F)c1)N1CCN(c2ccc(-c3ccncc3)nn2)CC1. The first-order chi connectivity index (χ1) is 15.2. The van der Waals surface area contributed by atoms with Gasteiger partial charge in [-0.2, -0.15) is 17.5 Å². The summed E-state index contributed by atoms with van der Waals surface area (Å²) >= 11 is 0. The Morgan fingerprint density at radius 1 is 0.875 bits per heavy atom. The Labute approximate surface area is 181 Å². The second-order valence-corrected chi connectivity index (χ2v) is 8.98. The zero-order valence-electron chi connectivity index (χ0n) is 16.5. The van der Waals surface area contributed by atoms with Gasteiger partial charge in [-0.1, -0.05) is 0 Å². The summed E-state index contributed by atoms with van der Waals surface area (Å²) in [6.45, 7) is 0.620. The summed E-state index contributed by atoms with van der Waals surface area (Å²) in [6, 6.07) is 8.85. The molecule has 4 rings (SSSR count). The van der Waals surface area contributed by atoms with Crippen LogP contribution >= 0.6 is 0 Å². The fraction of sp³-hybridized carbons (Fsp3) is 0.250. The Morgan fingerprint density at radius 2 is 1.56 bits per heavy atom. The second-order valence-electron chi connectivity index (χ2n) is 7.04. The molecule has 3 aromatic rings. The molecule has 0 amide bonds. The van der Waals surface area contributed by atoms with Gasteiger partial charge in [0.1, 0.15) is 5.82 Å². The van der Waals surface area contributed by atoms with Crippen LogP contribution in [-0.2, 0) is 16.2 Å². The molecule has 0 atom stereocenters. The van der Waals surface area contributed by atoms with Crippen LogP contribution in [0.25, 0.3) is 11.3 Å². The van der Waals surface area contributed by atoms with Crippen LogP contribution in [0.3, 0.4) is 0 Å². The Kier molecular flexibility index (Phi) is 5.82. The highest BCUT2D eigenvalue weighted by molar-refractivity contribution is 7.89. The molecule has 0 radical (unpaired) electrons. The van der Waals surface area contributed by atoms with Gasteiger partial charge in [0.2, 0.25) is 10.0 Å². The van der Waals surface area contributed by atoms with Crippen LogP contribution < -0.4 is 4.90 Å². The standard InChI is InChI=1S/C20H17F4N5O2S/c21-17-2-1-15(13-16(17)20(22,23)24)32(30,31)29-11-9-28(10-12-29)19-4-3-18(26-27-19)14-5-7-25-8-6-14/h1-8,13H,9-12H2. The minimum absolute atomic E-state index is 0.0366. The number of nitrogens with zero attached hydrogens (tertiary/aromatic N) is 5. The summed E-state index contributed by atoms with van der Waals surface area (Å²) in [5, 5.41) is 8.38. The van der Waals surface area contributed by atoms with Crippen LogP contribution in [0.1, 0.15) is 5.56 Å². The minimum atomic E-state index is -4.99. The van der Waals surface area contributed by atoms with Crippen molar-refractivity contribution in [3.63, 3.8) is 0 Å². The molecular weight excluding hydrogens is 450 g/mol. The van der Waals surface area contributed by atoms with Gasteiger partial charge in [-0.15, -0.1) is 10.2 Å². The molecule has 0 saturated carbocycles. The van der Waals surface area contributed by atoms with E-state index in [0.29, 0.717) is 23.6 Å². The number of halogens is 4. The molecule has 0 unspecified atom stereocenters. The van der Waals surface area contributed by atoms with Gasteiger partial charge in [0.05, 0.1) is 16.2 Å². The molecule has 0 aliphatic carbocycles. The van der Waals surface area contributed by atoms with Gasteiger partial charge in [0.15, 0.2) is 5.82 Å². The number of anilines is 1. The molecule has 1 fully saturated rings. The molecule has 1 aliphatic rings. The van der Waals surface area contributed by atoms with Crippen molar-refractivity contribution in [1.82, 2.24) is 19.5 Å². The highest BCUT2D eigenvalue weighted by atomic mass is 32.2. The summed E-state index contributed by atoms with van der Waals surface area (Å²) in [5.41, 5.74) is -0.0941. The van der Waals surface area contributed by atoms with Crippen molar-refractivity contribution in [3.8, 4) is 11.3 Å². The lowest BCUT2D eigenvalue weighted by Crippen LogP contribution is -2.49. The monoisotopic (exact) mass is 467 g/mol. The summed E-state index contributed by atoms with van der Waals surface area (Å²) in [6.07, 6.45) is -1.71. The van der Waals surface area contributed by atoms with Gasteiger partial charge in [-0.3, -0.25) is 4.98 Å². The Balaban J connectivity index is 1.46. The van der Waals surface area contributed by atoms with E-state index in [1.54, 1.807) is 36.7 Å². The normalized spacial score (nSPS) is 15.7. The van der Waals surface area contributed by atoms with Crippen molar-refractivity contribution in [2.24, 2.45) is 0 Å². The average Bonchev–Trinajstić information content (AvgIpc) is 2.79. The Hall–Kier alpha value is -3.12. The minimum Gasteiger partial charge on any atom is -0.352 e. The quantitative estimate of drug-likeness (QED) is 0.549. The van der Waals surface area contributed by atoms with Gasteiger partial charge < -0.3 is 4.90 Å². The summed E-state index contributed by atoms with van der Waals surface area (Å²) in [5.74, 6) is -0.962. The first-order valence-corrected chi connectivity index (χ1v) is 11.0. The van der Waals surface area contributed by atoms with Crippen molar-refractivity contribution in [2.75, 3.05) is 31.1 Å². The Morgan fingerprint density at radius 3 is 2.16 bits per heavy atom. The average molecular weight is 467 g/mol. The molecule has 168 valence electrons. The third-order valence-corrected chi connectivity index (χ3v) is 6.96. The zero-order chi connectivity index (χ0) is 22.9. The first kappa shape index (κ1) is 22.1. The van der Waals surface area contributed by atoms with E-state index in [2.05, 4.69) is 15.2 Å². The lowest BCUT2D eigenvalue weighted by molar-refractivity contribution is -0.140. The second kappa shape index (κ2) is 8.43. The number of piperazine rings is 1. The van der Waals surface area contributed by atoms with E-state index in [9.17, 15) is 26.0 Å². The van der Waals surface area contributed by atoms with Crippen LogP contribution in [0.15, 0.2) is 59.8 Å². The van der Waals surface area contributed by atoms with E-state index < -0.39 is 32.5 Å². The lowest BCUT2D eigenvalue weighted by Gasteiger charge is -2.34. The van der Waals surface area contributed by atoms with E-state index >= 15 is 0 Å². The van der Waals surface area contributed by atoms with Crippen LogP contribution in [-0.4, -0.2) is 54.1 Å². The predicted molar refractivity (Wildman–Crippen MR) is 108 cm³/mol. The maximum atomic E-state index is 13.5. The smallest absolute Gasteiger partial charge is 0.352 e. The third-order valence-electron chi connectivity index (χ3n) is 5.07. The van der Waals surface area contributed by atoms with Crippen LogP contribution in [0.2, 0.25) is 0 Å². The molecular formula is C20H17F4N5O2S. The molecule has 0 spiro atoms. The van der Waals surface area contributed by atoms with Gasteiger partial charge >= 0.3 is 6.18 Å². The van der Waals surface area contributed by atoms with E-state index in [1.165, 1.54) is 0 Å². The highest BCUT2D eigenvalue weighted by Crippen LogP contribution is 2.33. The molecule has 1 saturated heterocycles. The van der Waals surface area contributed by atoms with Crippen molar-refractivity contribution in [1.29, 1.82) is 0 Å². The van der Waals surface area contributed by atoms with Crippen LogP contribution in [0, 0.1) is 5.82 Å². The zero-order valence-corrected chi connectivity index (χ0v) is 17.3. The predicted octanol–water partition coefficient (Wildman–Crippen LogP) is 3.21. The van der Waals surface area contributed by atoms with Gasteiger partial charge in [-0.25, -0.2) is 12.8 Å². The van der Waals surface area contributed by atoms with Crippen molar-refractivity contribution in [2.45, 2.75) is 11.1 Å². The van der Waals surface area contributed by atoms with Gasteiger partial charge in [-0.05, 0) is 42.5 Å². The lowest BCUT2D eigenvalue weighted by atomic mass is 10.2. The van der Waals surface area contributed by atoms with Crippen molar-refractivity contribution < 1.29 is 26.0 Å². The summed E-state index contributed by atoms with van der Waals surface area (Å²) < 4.78 is 79.1. The van der Waals surface area contributed by atoms with Gasteiger partial charge in [0, 0.05) is 44.1 Å². The molecule has 32 heavy (non-hydrogen) atoms. The maximum Gasteiger partial charge on any atom is 0.419 e. The number of aromatic nitrogens is 3. The fourth-order valence-electron chi connectivity index (χ4n) is 3.36. The van der Waals surface area contributed by atoms with E-state index in [0.717, 1.165) is 15.9 Å². The number of sulfonamides is 1. The topological polar surface area (TPSA) is 79.3 Å². The van der Waals surface area contributed by atoms with E-state index in [1.807, 2.05) is 4.90 Å². The number of hydrogen-bond donors (Lipinski definition) is 0. The van der Waals surface area contributed by atoms with Crippen LogP contribution in [0.5, 0.6) is 0 Å². The fourth-order valence-corrected chi connectivity index (χ4v) is 4.81. The maximum absolute atomic E-state index is 13.5. The van der Waals surface area contributed by atoms with E-state index in [-0.39, 0.29) is 26.2 Å². The molecule has 0 N–H and O–H groups in total. The summed E-state index contributed by atoms with van der Waals surface area (Å²) in [7, 11) is -4.21. The number of pyridine rings is 1. The molecule has 7 nitrogen and oxygen atoms in total. The molecule has 1 aromatic carbocycles. The van der Waals surface area contributed by atoms with E-state index in [4.69, 9.17) is 0 Å². The number of benzene rings is 1. The number of rotatable bonds is 4. The first-order valence-electron chi connectivity index (χ1n) is 9.52. The molecule has 2 aromatic heterocycles. The highest BCUT2D eigenvalue weighted by Gasteiger charge is 2.37. The van der Waals surface area contributed by atoms with Crippen molar-refractivity contribution in [3.05, 3.63) is 66.2 Å². The van der Waals surface area contributed by atoms with Crippen molar-refractivity contribution >= 4 is 15.8 Å². The molecule has 3 heterocycles. The molecule has 0 bridgehead atoms. The summed E-state index contributed by atoms with van der Waals surface area (Å²) in [4.78, 5) is 5.19. The number of alkyl halides is 3.